The van der Waals surface area contributed by atoms with Gasteiger partial charge >= 0.3 is 12.1 Å². The third kappa shape index (κ3) is 17.7. The average molecular weight is 207 g/mol. The number of carboxylic acid groups (broad SMARTS) is 1. The molecule has 0 aromatic carbocycles. The van der Waals surface area contributed by atoms with Crippen LogP contribution in [0.2, 0.25) is 0 Å². The Morgan fingerprint density at radius 2 is 1.55 bits per heavy atom. The van der Waals surface area contributed by atoms with E-state index in [1.54, 1.807) is 0 Å². The molecule has 0 aromatic heterocycles. The highest BCUT2D eigenvalue weighted by atomic mass is 32.4. The Hall–Kier alpha value is -0.220. The second kappa shape index (κ2) is 5.43. The van der Waals surface area contributed by atoms with E-state index in [4.69, 9.17) is 9.90 Å². The minimum absolute atomic E-state index is 0.0370. The molecule has 0 heterocycles. The Morgan fingerprint density at radius 3 is 1.55 bits per heavy atom. The molecule has 0 aliphatic rings. The number of carbonyl (C=O) groups is 1. The SMILES string of the molecule is C[P+](C)=S.O=C(O)C(F)(F)F. The van der Waals surface area contributed by atoms with Crippen molar-refractivity contribution in [2.75, 3.05) is 13.3 Å². The van der Waals surface area contributed by atoms with Crippen molar-refractivity contribution < 1.29 is 23.1 Å². The fourth-order valence-corrected chi connectivity index (χ4v) is 0. The molecule has 0 amide bonds. The first-order chi connectivity index (χ1) is 4.68. The van der Waals surface area contributed by atoms with Crippen molar-refractivity contribution in [1.82, 2.24) is 0 Å². The van der Waals surface area contributed by atoms with Gasteiger partial charge in [0.05, 0.1) is 0 Å². The Balaban J connectivity index is 0. The van der Waals surface area contributed by atoms with E-state index in [2.05, 4.69) is 11.8 Å². The largest absolute Gasteiger partial charge is 0.490 e. The Bertz CT molecular complexity index is 152. The smallest absolute Gasteiger partial charge is 0.475 e. The molecule has 7 heteroatoms. The lowest BCUT2D eigenvalue weighted by Gasteiger charge is -1.93. The predicted molar refractivity (Wildman–Crippen MR) is 39.8 cm³/mol. The van der Waals surface area contributed by atoms with E-state index in [-0.39, 0.29) is 6.70 Å². The number of rotatable bonds is 0. The van der Waals surface area contributed by atoms with Gasteiger partial charge in [0.2, 0.25) is 0 Å². The van der Waals surface area contributed by atoms with E-state index >= 15 is 0 Å². The van der Waals surface area contributed by atoms with Gasteiger partial charge in [-0.3, -0.25) is 0 Å². The molecule has 0 aromatic rings. The number of hydrogen-bond donors (Lipinski definition) is 1. The average Bonchev–Trinajstić information content (AvgIpc) is 1.59. The predicted octanol–water partition coefficient (Wildman–Crippen LogP) is 1.82. The Kier molecular flexibility index (Phi) is 6.61. The van der Waals surface area contributed by atoms with Crippen molar-refractivity contribution in [3.8, 4) is 0 Å². The zero-order valence-corrected chi connectivity index (χ0v) is 7.56. The lowest BCUT2D eigenvalue weighted by atomic mass is 10.7. The minimum atomic E-state index is -5.08. The zero-order valence-electron chi connectivity index (χ0n) is 5.84. The third-order valence-corrected chi connectivity index (χ3v) is 0.243. The summed E-state index contributed by atoms with van der Waals surface area (Å²) < 4.78 is 31.7. The van der Waals surface area contributed by atoms with E-state index < -0.39 is 12.1 Å². The number of halogens is 3. The van der Waals surface area contributed by atoms with Crippen molar-refractivity contribution in [3.63, 3.8) is 0 Å². The van der Waals surface area contributed by atoms with Crippen LogP contribution in [0.25, 0.3) is 0 Å². The molecule has 0 aliphatic carbocycles. The molecule has 0 atom stereocenters. The maximum absolute atomic E-state index is 10.6. The number of hydrogen-bond acceptors (Lipinski definition) is 2. The standard InChI is InChI=1S/C2HF3O2.C2H6PS/c3-2(4,5)1(6)7;1-3(2)4/h(H,6,7);1-2H3/q;+1. The highest BCUT2D eigenvalue weighted by Gasteiger charge is 2.38. The van der Waals surface area contributed by atoms with Crippen LogP contribution in [0, 0.1) is 0 Å². The molecule has 11 heavy (non-hydrogen) atoms. The van der Waals surface area contributed by atoms with Crippen LogP contribution >= 0.6 is 6.70 Å². The van der Waals surface area contributed by atoms with Gasteiger partial charge in [0, 0.05) is 0 Å². The quantitative estimate of drug-likeness (QED) is 0.615. The Labute approximate surface area is 67.8 Å². The van der Waals surface area contributed by atoms with Gasteiger partial charge in [0.15, 0.2) is 18.5 Å². The van der Waals surface area contributed by atoms with Gasteiger partial charge in [0.1, 0.15) is 13.3 Å². The van der Waals surface area contributed by atoms with Crippen molar-refractivity contribution in [1.29, 1.82) is 0 Å². The van der Waals surface area contributed by atoms with E-state index in [0.29, 0.717) is 0 Å². The number of alkyl halides is 3. The first kappa shape index (κ1) is 13.4. The molecule has 0 fully saturated rings. The van der Waals surface area contributed by atoms with Crippen molar-refractivity contribution in [3.05, 3.63) is 0 Å². The first-order valence-corrected chi connectivity index (χ1v) is 5.57. The number of carboxylic acids is 1. The molecule has 0 bridgehead atoms. The lowest BCUT2D eigenvalue weighted by Crippen LogP contribution is -2.21. The molecule has 0 saturated heterocycles. The molecular weight excluding hydrogens is 200 g/mol. The van der Waals surface area contributed by atoms with Gasteiger partial charge in [-0.2, -0.15) is 13.2 Å². The number of aliphatic carboxylic acids is 1. The molecule has 2 nitrogen and oxygen atoms in total. The highest BCUT2D eigenvalue weighted by Crippen LogP contribution is 2.13. The van der Waals surface area contributed by atoms with Crippen LogP contribution in [0.5, 0.6) is 0 Å². The summed E-state index contributed by atoms with van der Waals surface area (Å²) in [4.78, 5) is 8.90. The molecular formula is C4H7F3O2PS+. The first-order valence-electron chi connectivity index (χ1n) is 2.32. The van der Waals surface area contributed by atoms with E-state index in [1.165, 1.54) is 0 Å². The summed E-state index contributed by atoms with van der Waals surface area (Å²) in [7, 11) is 0. The van der Waals surface area contributed by atoms with Crippen LogP contribution in [0.4, 0.5) is 13.2 Å². The van der Waals surface area contributed by atoms with Crippen LogP contribution in [0.1, 0.15) is 0 Å². The highest BCUT2D eigenvalue weighted by molar-refractivity contribution is 8.04. The van der Waals surface area contributed by atoms with E-state index in [1.807, 2.05) is 13.3 Å². The third-order valence-electron chi connectivity index (χ3n) is 0.243. The minimum Gasteiger partial charge on any atom is -0.475 e. The second-order valence-electron chi connectivity index (χ2n) is 1.62. The van der Waals surface area contributed by atoms with Crippen LogP contribution in [-0.2, 0) is 16.6 Å². The molecule has 0 unspecified atom stereocenters. The molecule has 0 saturated carbocycles. The summed E-state index contributed by atoms with van der Waals surface area (Å²) in [6, 6.07) is 0. The molecule has 0 aliphatic heterocycles. The van der Waals surface area contributed by atoms with Gasteiger partial charge < -0.3 is 5.11 Å². The summed E-state index contributed by atoms with van der Waals surface area (Å²) in [5.41, 5.74) is 0. The molecule has 0 spiro atoms. The lowest BCUT2D eigenvalue weighted by molar-refractivity contribution is -0.192. The summed E-state index contributed by atoms with van der Waals surface area (Å²) in [5.74, 6) is -2.76. The van der Waals surface area contributed by atoms with Gasteiger partial charge in [-0.15, -0.1) is 0 Å². The molecule has 0 rings (SSSR count). The summed E-state index contributed by atoms with van der Waals surface area (Å²) >= 11 is 4.69. The zero-order chi connectivity index (χ0) is 9.65. The van der Waals surface area contributed by atoms with Crippen molar-refractivity contribution in [2.45, 2.75) is 6.18 Å². The fourth-order valence-electron chi connectivity index (χ4n) is 0. The fraction of sp³-hybridized carbons (Fsp3) is 0.750. The van der Waals surface area contributed by atoms with Crippen LogP contribution in [0.15, 0.2) is 0 Å². The van der Waals surface area contributed by atoms with E-state index in [0.717, 1.165) is 0 Å². The van der Waals surface area contributed by atoms with Crippen molar-refractivity contribution >= 4 is 24.5 Å². The van der Waals surface area contributed by atoms with E-state index in [9.17, 15) is 13.2 Å². The van der Waals surface area contributed by atoms with Gasteiger partial charge in [-0.25, -0.2) is 4.79 Å². The monoisotopic (exact) mass is 207 g/mol. The summed E-state index contributed by atoms with van der Waals surface area (Å²) in [6.45, 7) is 4.06. The maximum Gasteiger partial charge on any atom is 0.490 e. The van der Waals surface area contributed by atoms with Crippen molar-refractivity contribution in [2.24, 2.45) is 0 Å². The van der Waals surface area contributed by atoms with Crippen LogP contribution in [-0.4, -0.2) is 30.6 Å². The summed E-state index contributed by atoms with van der Waals surface area (Å²) in [5, 5.41) is 7.12. The van der Waals surface area contributed by atoms with Gasteiger partial charge in [-0.1, -0.05) is 0 Å². The topological polar surface area (TPSA) is 37.3 Å². The van der Waals surface area contributed by atoms with Gasteiger partial charge in [0.25, 0.3) is 0 Å². The summed E-state index contributed by atoms with van der Waals surface area (Å²) in [6.07, 6.45) is -5.08. The normalized spacial score (nSPS) is 9.55. The maximum atomic E-state index is 10.6. The second-order valence-corrected chi connectivity index (χ2v) is 5.43. The van der Waals surface area contributed by atoms with Crippen LogP contribution in [0.3, 0.4) is 0 Å². The van der Waals surface area contributed by atoms with Gasteiger partial charge in [-0.05, 0) is 0 Å². The molecule has 66 valence electrons. The Morgan fingerprint density at radius 1 is 1.45 bits per heavy atom. The molecule has 0 radical (unpaired) electrons. The molecule has 1 N–H and O–H groups in total. The van der Waals surface area contributed by atoms with Crippen LogP contribution < -0.4 is 0 Å².